The van der Waals surface area contributed by atoms with E-state index < -0.39 is 0 Å². The summed E-state index contributed by atoms with van der Waals surface area (Å²) in [5, 5.41) is 2.85. The Bertz CT molecular complexity index is 353. The van der Waals surface area contributed by atoms with Gasteiger partial charge in [-0.05, 0) is 31.9 Å². The summed E-state index contributed by atoms with van der Waals surface area (Å²) in [6.07, 6.45) is 5.19. The maximum Gasteiger partial charge on any atom is 0.0567 e. The van der Waals surface area contributed by atoms with E-state index in [1.165, 1.54) is 37.1 Å². The van der Waals surface area contributed by atoms with Crippen LogP contribution in [0.5, 0.6) is 0 Å². The van der Waals surface area contributed by atoms with Crippen LogP contribution in [0.4, 0.5) is 0 Å². The van der Waals surface area contributed by atoms with Crippen LogP contribution in [0.1, 0.15) is 43.5 Å². The minimum absolute atomic E-state index is 0.359. The lowest BCUT2D eigenvalue weighted by Gasteiger charge is -2.40. The molecular formula is C13H21ClN2S. The van der Waals surface area contributed by atoms with E-state index in [4.69, 9.17) is 17.3 Å². The Labute approximate surface area is 113 Å². The van der Waals surface area contributed by atoms with Crippen LogP contribution in [-0.2, 0) is 0 Å². The predicted octanol–water partition coefficient (Wildman–Crippen LogP) is 3.67. The standard InChI is InChI=1S/C13H21ClN2S/c1-2-11-5-3-4-6-16(11)12(8-15)13-7-10(14)9-17-13/h7,9,11-12H,2-6,8,15H2,1H3. The topological polar surface area (TPSA) is 29.3 Å². The van der Waals surface area contributed by atoms with Crippen LogP contribution >= 0.6 is 22.9 Å². The first kappa shape index (κ1) is 13.3. The van der Waals surface area contributed by atoms with E-state index in [2.05, 4.69) is 17.9 Å². The van der Waals surface area contributed by atoms with E-state index in [1.807, 2.05) is 5.38 Å². The summed E-state index contributed by atoms with van der Waals surface area (Å²) < 4.78 is 0. The summed E-state index contributed by atoms with van der Waals surface area (Å²) in [6.45, 7) is 4.14. The van der Waals surface area contributed by atoms with Crippen molar-refractivity contribution in [1.29, 1.82) is 0 Å². The summed E-state index contributed by atoms with van der Waals surface area (Å²) in [6, 6.07) is 3.13. The van der Waals surface area contributed by atoms with Crippen molar-refractivity contribution < 1.29 is 0 Å². The Morgan fingerprint density at radius 2 is 2.41 bits per heavy atom. The average molecular weight is 273 g/mol. The number of halogens is 1. The number of rotatable bonds is 4. The first-order valence-corrected chi connectivity index (χ1v) is 7.71. The highest BCUT2D eigenvalue weighted by atomic mass is 35.5. The molecule has 1 aliphatic heterocycles. The molecule has 0 amide bonds. The summed E-state index contributed by atoms with van der Waals surface area (Å²) in [7, 11) is 0. The minimum atomic E-state index is 0.359. The van der Waals surface area contributed by atoms with Gasteiger partial charge in [0, 0.05) is 22.8 Å². The van der Waals surface area contributed by atoms with Crippen LogP contribution < -0.4 is 5.73 Å². The number of thiophene rings is 1. The molecule has 0 aliphatic carbocycles. The first-order chi connectivity index (χ1) is 8.26. The highest BCUT2D eigenvalue weighted by Gasteiger charge is 2.28. The van der Waals surface area contributed by atoms with Crippen molar-refractivity contribution in [3.05, 3.63) is 21.3 Å². The maximum atomic E-state index is 6.02. The van der Waals surface area contributed by atoms with Crippen molar-refractivity contribution in [2.24, 2.45) is 5.73 Å². The van der Waals surface area contributed by atoms with Gasteiger partial charge < -0.3 is 5.73 Å². The molecule has 1 aromatic heterocycles. The second kappa shape index (κ2) is 6.19. The van der Waals surface area contributed by atoms with Gasteiger partial charge in [0.1, 0.15) is 0 Å². The van der Waals surface area contributed by atoms with Crippen LogP contribution in [0, 0.1) is 0 Å². The van der Waals surface area contributed by atoms with Crippen LogP contribution in [-0.4, -0.2) is 24.0 Å². The van der Waals surface area contributed by atoms with Crippen molar-refractivity contribution >= 4 is 22.9 Å². The highest BCUT2D eigenvalue weighted by molar-refractivity contribution is 7.10. The molecule has 2 atom stereocenters. The van der Waals surface area contributed by atoms with Crippen LogP contribution in [0.15, 0.2) is 11.4 Å². The molecule has 17 heavy (non-hydrogen) atoms. The summed E-state index contributed by atoms with van der Waals surface area (Å²) in [5.74, 6) is 0. The van der Waals surface area contributed by atoms with Gasteiger partial charge in [-0.2, -0.15) is 0 Å². The van der Waals surface area contributed by atoms with Crippen molar-refractivity contribution in [3.8, 4) is 0 Å². The third-order valence-corrected chi connectivity index (χ3v) is 5.07. The van der Waals surface area contributed by atoms with Gasteiger partial charge in [0.05, 0.1) is 11.1 Å². The molecule has 0 aromatic carbocycles. The van der Waals surface area contributed by atoms with Gasteiger partial charge in [0.2, 0.25) is 0 Å². The molecule has 2 heterocycles. The molecule has 2 rings (SSSR count). The molecule has 96 valence electrons. The number of likely N-dealkylation sites (tertiary alicyclic amines) is 1. The average Bonchev–Trinajstić information content (AvgIpc) is 2.77. The smallest absolute Gasteiger partial charge is 0.0567 e. The van der Waals surface area contributed by atoms with Gasteiger partial charge in [0.15, 0.2) is 0 Å². The Balaban J connectivity index is 2.16. The molecule has 2 unspecified atom stereocenters. The summed E-state index contributed by atoms with van der Waals surface area (Å²) in [4.78, 5) is 3.91. The Kier molecular flexibility index (Phi) is 4.86. The quantitative estimate of drug-likeness (QED) is 0.906. The Morgan fingerprint density at radius 1 is 1.59 bits per heavy atom. The Morgan fingerprint density at radius 3 is 3.00 bits per heavy atom. The third-order valence-electron chi connectivity index (χ3n) is 3.68. The minimum Gasteiger partial charge on any atom is -0.329 e. The molecule has 0 bridgehead atoms. The molecule has 1 fully saturated rings. The van der Waals surface area contributed by atoms with Crippen molar-refractivity contribution in [3.63, 3.8) is 0 Å². The zero-order chi connectivity index (χ0) is 12.3. The second-order valence-corrected chi connectivity index (χ2v) is 6.09. The van der Waals surface area contributed by atoms with Gasteiger partial charge in [-0.1, -0.05) is 24.9 Å². The van der Waals surface area contributed by atoms with Crippen molar-refractivity contribution in [2.75, 3.05) is 13.1 Å². The number of nitrogens with two attached hydrogens (primary N) is 1. The molecular weight excluding hydrogens is 252 g/mol. The zero-order valence-corrected chi connectivity index (χ0v) is 11.9. The molecule has 2 N–H and O–H groups in total. The fourth-order valence-electron chi connectivity index (χ4n) is 2.79. The van der Waals surface area contributed by atoms with Gasteiger partial charge >= 0.3 is 0 Å². The van der Waals surface area contributed by atoms with Crippen LogP contribution in [0.25, 0.3) is 0 Å². The van der Waals surface area contributed by atoms with Gasteiger partial charge in [-0.3, -0.25) is 4.90 Å². The fourth-order valence-corrected chi connectivity index (χ4v) is 4.01. The number of hydrogen-bond acceptors (Lipinski definition) is 3. The van der Waals surface area contributed by atoms with Crippen LogP contribution in [0.2, 0.25) is 5.02 Å². The molecule has 1 saturated heterocycles. The van der Waals surface area contributed by atoms with E-state index in [0.717, 1.165) is 5.02 Å². The fraction of sp³-hybridized carbons (Fsp3) is 0.692. The maximum absolute atomic E-state index is 6.02. The van der Waals surface area contributed by atoms with E-state index in [9.17, 15) is 0 Å². The normalized spacial score (nSPS) is 23.8. The molecule has 0 radical (unpaired) electrons. The van der Waals surface area contributed by atoms with Gasteiger partial charge in [0.25, 0.3) is 0 Å². The van der Waals surface area contributed by atoms with Gasteiger partial charge in [-0.25, -0.2) is 0 Å². The lowest BCUT2D eigenvalue weighted by atomic mass is 9.97. The molecule has 0 saturated carbocycles. The van der Waals surface area contributed by atoms with E-state index in [-0.39, 0.29) is 0 Å². The van der Waals surface area contributed by atoms with Crippen molar-refractivity contribution in [2.45, 2.75) is 44.7 Å². The summed E-state index contributed by atoms with van der Waals surface area (Å²) in [5.41, 5.74) is 5.98. The number of nitrogens with zero attached hydrogens (tertiary/aromatic N) is 1. The van der Waals surface area contributed by atoms with Crippen LogP contribution in [0.3, 0.4) is 0 Å². The molecule has 1 aliphatic rings. The number of piperidine rings is 1. The molecule has 1 aromatic rings. The number of hydrogen-bond donors (Lipinski definition) is 1. The second-order valence-electron chi connectivity index (χ2n) is 4.71. The zero-order valence-electron chi connectivity index (χ0n) is 10.4. The predicted molar refractivity (Wildman–Crippen MR) is 75.8 cm³/mol. The first-order valence-electron chi connectivity index (χ1n) is 6.46. The van der Waals surface area contributed by atoms with E-state index >= 15 is 0 Å². The third kappa shape index (κ3) is 3.02. The summed E-state index contributed by atoms with van der Waals surface area (Å²) >= 11 is 7.76. The SMILES string of the molecule is CCC1CCCCN1C(CN)c1cc(Cl)cs1. The Hall–Kier alpha value is -0.0900. The van der Waals surface area contributed by atoms with Crippen molar-refractivity contribution in [1.82, 2.24) is 4.90 Å². The monoisotopic (exact) mass is 272 g/mol. The van der Waals surface area contributed by atoms with E-state index in [0.29, 0.717) is 18.6 Å². The van der Waals surface area contributed by atoms with E-state index in [1.54, 1.807) is 11.3 Å². The molecule has 2 nitrogen and oxygen atoms in total. The lowest BCUT2D eigenvalue weighted by molar-refractivity contribution is 0.0966. The molecule has 4 heteroatoms. The molecule has 0 spiro atoms. The lowest BCUT2D eigenvalue weighted by Crippen LogP contribution is -2.43. The largest absolute Gasteiger partial charge is 0.329 e. The highest BCUT2D eigenvalue weighted by Crippen LogP contribution is 2.33. The van der Waals surface area contributed by atoms with Gasteiger partial charge in [-0.15, -0.1) is 11.3 Å².